The van der Waals surface area contributed by atoms with Crippen LogP contribution in [0.5, 0.6) is 5.75 Å². The van der Waals surface area contributed by atoms with Gasteiger partial charge in [0.2, 0.25) is 5.75 Å². The van der Waals surface area contributed by atoms with E-state index >= 15 is 0 Å². The molecule has 9 heteroatoms. The normalized spacial score (nSPS) is 23.8. The van der Waals surface area contributed by atoms with Gasteiger partial charge in [-0.3, -0.25) is 19.8 Å². The van der Waals surface area contributed by atoms with Crippen LogP contribution >= 0.6 is 34.4 Å². The van der Waals surface area contributed by atoms with Crippen molar-refractivity contribution in [2.45, 2.75) is 38.6 Å². The quantitative estimate of drug-likeness (QED) is 0.210. The average Bonchev–Trinajstić information content (AvgIpc) is 3.06. The average molecular weight is 563 g/mol. The van der Waals surface area contributed by atoms with E-state index in [-0.39, 0.29) is 23.4 Å². The Kier molecular flexibility index (Phi) is 6.85. The summed E-state index contributed by atoms with van der Waals surface area (Å²) in [5.41, 5.74) is 0.884. The molecule has 1 amide bonds. The predicted octanol–water partition coefficient (Wildman–Crippen LogP) is 6.09. The van der Waals surface area contributed by atoms with Gasteiger partial charge in [0, 0.05) is 12.1 Å². The van der Waals surface area contributed by atoms with Gasteiger partial charge in [0.15, 0.2) is 5.17 Å². The Balaban J connectivity index is 1.75. The zero-order valence-electron chi connectivity index (χ0n) is 17.4. The molecule has 1 saturated carbocycles. The second-order valence-corrected chi connectivity index (χ2v) is 10.1. The second kappa shape index (κ2) is 9.62. The van der Waals surface area contributed by atoms with Crippen LogP contribution in [-0.4, -0.2) is 32.0 Å². The Morgan fingerprint density at radius 1 is 1.25 bits per heavy atom. The summed E-state index contributed by atoms with van der Waals surface area (Å²) in [6.07, 6.45) is 5.88. The highest BCUT2D eigenvalue weighted by molar-refractivity contribution is 14.1. The van der Waals surface area contributed by atoms with Gasteiger partial charge in [-0.05, 0) is 83.0 Å². The standard InChI is InChI=1S/C23H22IN3O4S/c1-14-7-5-6-10-18(14)26-22(29)20(32-23(26)25-16-8-3-2-4-9-16)13-15-11-17(24)21(28)19(12-15)27(30)31/h2-4,8-9,11-14,18,28H,5-7,10H2,1H3/b20-13-,25-23?/t14-,18-/m1/s1. The number of amidine groups is 1. The van der Waals surface area contributed by atoms with Gasteiger partial charge in [-0.15, -0.1) is 0 Å². The SMILES string of the molecule is C[C@@H]1CCCC[C@H]1N1C(=O)/C(=C/c2cc(I)c(O)c([N+](=O)[O-])c2)SC1=Nc1ccccc1. The van der Waals surface area contributed by atoms with E-state index in [1.807, 2.05) is 57.8 Å². The summed E-state index contributed by atoms with van der Waals surface area (Å²) in [6, 6.07) is 12.5. The van der Waals surface area contributed by atoms with Crippen LogP contribution in [0.15, 0.2) is 52.4 Å². The van der Waals surface area contributed by atoms with Crippen LogP contribution < -0.4 is 0 Å². The summed E-state index contributed by atoms with van der Waals surface area (Å²) in [7, 11) is 0. The molecule has 0 unspecified atom stereocenters. The lowest BCUT2D eigenvalue weighted by Crippen LogP contribution is -2.44. The molecule has 0 spiro atoms. The predicted molar refractivity (Wildman–Crippen MR) is 135 cm³/mol. The molecule has 1 aliphatic heterocycles. The fraction of sp³-hybridized carbons (Fsp3) is 0.304. The summed E-state index contributed by atoms with van der Waals surface area (Å²) in [4.78, 5) is 31.2. The van der Waals surface area contributed by atoms with Crippen molar-refractivity contribution in [2.75, 3.05) is 0 Å². The third-order valence-electron chi connectivity index (χ3n) is 5.78. The Bertz CT molecular complexity index is 1120. The first kappa shape index (κ1) is 22.8. The maximum Gasteiger partial charge on any atom is 0.312 e. The molecule has 1 N–H and O–H groups in total. The lowest BCUT2D eigenvalue weighted by Gasteiger charge is -2.35. The fourth-order valence-corrected chi connectivity index (χ4v) is 5.81. The van der Waals surface area contributed by atoms with Crippen LogP contribution in [0.4, 0.5) is 11.4 Å². The molecule has 2 aliphatic rings. The van der Waals surface area contributed by atoms with Gasteiger partial charge in [0.05, 0.1) is 19.1 Å². The number of amides is 1. The monoisotopic (exact) mass is 563 g/mol. The maximum absolute atomic E-state index is 13.5. The highest BCUT2D eigenvalue weighted by Crippen LogP contribution is 2.41. The van der Waals surface area contributed by atoms with Crippen LogP contribution in [0, 0.1) is 19.6 Å². The van der Waals surface area contributed by atoms with Crippen molar-refractivity contribution in [1.82, 2.24) is 4.90 Å². The number of thioether (sulfide) groups is 1. The number of hydrogen-bond acceptors (Lipinski definition) is 6. The Morgan fingerprint density at radius 3 is 2.66 bits per heavy atom. The lowest BCUT2D eigenvalue weighted by molar-refractivity contribution is -0.386. The molecule has 0 bridgehead atoms. The number of halogens is 1. The Hall–Kier alpha value is -2.40. The Morgan fingerprint density at radius 2 is 1.97 bits per heavy atom. The van der Waals surface area contributed by atoms with Crippen molar-refractivity contribution in [2.24, 2.45) is 10.9 Å². The minimum absolute atomic E-state index is 0.0754. The maximum atomic E-state index is 13.5. The van der Waals surface area contributed by atoms with Gasteiger partial charge >= 0.3 is 5.69 Å². The number of aromatic hydroxyl groups is 1. The van der Waals surface area contributed by atoms with Gasteiger partial charge < -0.3 is 5.11 Å². The number of para-hydroxylation sites is 1. The third kappa shape index (κ3) is 4.68. The summed E-state index contributed by atoms with van der Waals surface area (Å²) in [5, 5.41) is 21.9. The highest BCUT2D eigenvalue weighted by Gasteiger charge is 2.41. The highest BCUT2D eigenvalue weighted by atomic mass is 127. The molecule has 4 rings (SSSR count). The van der Waals surface area contributed by atoms with Crippen molar-refractivity contribution in [3.05, 3.63) is 66.6 Å². The molecule has 166 valence electrons. The minimum atomic E-state index is -0.624. The number of hydrogen-bond donors (Lipinski definition) is 1. The van der Waals surface area contributed by atoms with Gasteiger partial charge in [0.1, 0.15) is 0 Å². The molecule has 2 aromatic rings. The molecular formula is C23H22IN3O4S. The first-order chi connectivity index (χ1) is 15.3. The van der Waals surface area contributed by atoms with Gasteiger partial charge in [0.25, 0.3) is 5.91 Å². The van der Waals surface area contributed by atoms with E-state index in [2.05, 4.69) is 6.92 Å². The van der Waals surface area contributed by atoms with E-state index in [9.17, 15) is 20.0 Å². The molecular weight excluding hydrogens is 541 g/mol. The number of nitrogens with zero attached hydrogens (tertiary/aromatic N) is 3. The molecule has 0 radical (unpaired) electrons. The molecule has 2 atom stereocenters. The van der Waals surface area contributed by atoms with Crippen LogP contribution in [0.2, 0.25) is 0 Å². The fourth-order valence-electron chi connectivity index (χ4n) is 4.13. The van der Waals surface area contributed by atoms with Crippen molar-refractivity contribution in [3.63, 3.8) is 0 Å². The molecule has 32 heavy (non-hydrogen) atoms. The third-order valence-corrected chi connectivity index (χ3v) is 7.58. The summed E-state index contributed by atoms with van der Waals surface area (Å²) in [6.45, 7) is 2.18. The van der Waals surface area contributed by atoms with Gasteiger partial charge in [-0.2, -0.15) is 0 Å². The van der Waals surface area contributed by atoms with E-state index in [1.165, 1.54) is 17.8 Å². The zero-order valence-corrected chi connectivity index (χ0v) is 20.4. The molecule has 2 aromatic carbocycles. The van der Waals surface area contributed by atoms with E-state index in [0.717, 1.165) is 31.4 Å². The summed E-state index contributed by atoms with van der Waals surface area (Å²) >= 11 is 3.14. The molecule has 1 heterocycles. The number of nitro groups is 1. The van der Waals surface area contributed by atoms with Crippen LogP contribution in [0.3, 0.4) is 0 Å². The molecule has 2 fully saturated rings. The number of carbonyl (C=O) groups excluding carboxylic acids is 1. The van der Waals surface area contributed by atoms with Crippen LogP contribution in [0.1, 0.15) is 38.2 Å². The van der Waals surface area contributed by atoms with Crippen molar-refractivity contribution < 1.29 is 14.8 Å². The minimum Gasteiger partial charge on any atom is -0.501 e. The number of phenolic OH excluding ortho intramolecular Hbond substituents is 1. The van der Waals surface area contributed by atoms with E-state index in [4.69, 9.17) is 4.99 Å². The molecule has 0 aromatic heterocycles. The van der Waals surface area contributed by atoms with Gasteiger partial charge in [-0.1, -0.05) is 38.0 Å². The van der Waals surface area contributed by atoms with E-state index < -0.39 is 4.92 Å². The Labute approximate surface area is 203 Å². The summed E-state index contributed by atoms with van der Waals surface area (Å²) < 4.78 is 0.357. The molecule has 1 saturated heterocycles. The lowest BCUT2D eigenvalue weighted by atomic mass is 9.85. The van der Waals surface area contributed by atoms with Crippen molar-refractivity contribution in [3.8, 4) is 5.75 Å². The van der Waals surface area contributed by atoms with E-state index in [1.54, 1.807) is 12.1 Å². The van der Waals surface area contributed by atoms with Crippen molar-refractivity contribution >= 4 is 62.9 Å². The molecule has 7 nitrogen and oxygen atoms in total. The largest absolute Gasteiger partial charge is 0.501 e. The zero-order chi connectivity index (χ0) is 22.8. The summed E-state index contributed by atoms with van der Waals surface area (Å²) in [5.74, 6) is -0.134. The number of aliphatic imine (C=N–C) groups is 1. The van der Waals surface area contributed by atoms with Gasteiger partial charge in [-0.25, -0.2) is 4.99 Å². The number of phenols is 1. The number of rotatable bonds is 4. The topological polar surface area (TPSA) is 96.0 Å². The first-order valence-electron chi connectivity index (χ1n) is 10.4. The number of nitro benzene ring substituents is 1. The van der Waals surface area contributed by atoms with E-state index in [0.29, 0.717) is 25.1 Å². The van der Waals surface area contributed by atoms with Crippen LogP contribution in [0.25, 0.3) is 6.08 Å². The smallest absolute Gasteiger partial charge is 0.312 e. The van der Waals surface area contributed by atoms with Crippen LogP contribution in [-0.2, 0) is 4.79 Å². The van der Waals surface area contributed by atoms with Crippen molar-refractivity contribution in [1.29, 1.82) is 0 Å². The molecule has 1 aliphatic carbocycles. The second-order valence-electron chi connectivity index (χ2n) is 7.97. The number of benzene rings is 2. The number of carbonyl (C=O) groups is 1. The first-order valence-corrected chi connectivity index (χ1v) is 12.3.